The summed E-state index contributed by atoms with van der Waals surface area (Å²) in [6.45, 7) is 7.82. The highest BCUT2D eigenvalue weighted by molar-refractivity contribution is 5.85. The number of carboxylic acids is 1. The van der Waals surface area contributed by atoms with Crippen LogP contribution >= 0.6 is 0 Å². The van der Waals surface area contributed by atoms with Crippen LogP contribution in [0, 0.1) is 0 Å². The highest BCUT2D eigenvalue weighted by Crippen LogP contribution is 2.22. The summed E-state index contributed by atoms with van der Waals surface area (Å²) in [5, 5.41) is 12.0. The zero-order chi connectivity index (χ0) is 16.3. The van der Waals surface area contributed by atoms with Crippen LogP contribution in [0.1, 0.15) is 27.2 Å². The smallest absolute Gasteiger partial charge is 0.408 e. The van der Waals surface area contributed by atoms with E-state index in [1.165, 1.54) is 0 Å². The van der Waals surface area contributed by atoms with E-state index < -0.39 is 23.2 Å². The monoisotopic (exact) mass is 301 g/mol. The second-order valence-electron chi connectivity index (χ2n) is 6.84. The lowest BCUT2D eigenvalue weighted by atomic mass is 9.99. The minimum absolute atomic E-state index is 0.301. The quantitative estimate of drug-likeness (QED) is 0.774. The lowest BCUT2D eigenvalue weighted by Crippen LogP contribution is -2.57. The first-order valence-electron chi connectivity index (χ1n) is 7.16. The first kappa shape index (κ1) is 17.7. The Labute approximate surface area is 126 Å². The molecule has 1 atom stereocenters. The molecule has 1 rings (SSSR count). The van der Waals surface area contributed by atoms with Crippen LogP contribution in [0.2, 0.25) is 0 Å². The molecule has 1 aliphatic heterocycles. The van der Waals surface area contributed by atoms with E-state index in [2.05, 4.69) is 5.32 Å². The molecule has 0 bridgehead atoms. The number of likely N-dealkylation sites (tertiary alicyclic amines) is 1. The first-order valence-corrected chi connectivity index (χ1v) is 7.16. The van der Waals surface area contributed by atoms with Crippen molar-refractivity contribution in [1.29, 1.82) is 0 Å². The molecule has 0 aromatic carbocycles. The zero-order valence-electron chi connectivity index (χ0n) is 13.6. The van der Waals surface area contributed by atoms with Gasteiger partial charge in [0.15, 0.2) is 5.54 Å². The van der Waals surface area contributed by atoms with Crippen LogP contribution in [0.25, 0.3) is 0 Å². The van der Waals surface area contributed by atoms with Crippen molar-refractivity contribution in [2.75, 3.05) is 40.3 Å². The number of aliphatic carboxylic acids is 1. The standard InChI is InChI=1S/C14H27N3O4/c1-13(2,3)21-12(20)15-14(11(18)19)6-7-17(10-14)9-8-16(4)5/h6-10H2,1-5H3,(H,15,20)(H,18,19). The fourth-order valence-electron chi connectivity index (χ4n) is 2.25. The van der Waals surface area contributed by atoms with Crippen LogP contribution in [-0.2, 0) is 9.53 Å². The van der Waals surface area contributed by atoms with Crippen LogP contribution in [0.3, 0.4) is 0 Å². The summed E-state index contributed by atoms with van der Waals surface area (Å²) in [7, 11) is 3.94. The molecule has 1 heterocycles. The molecule has 122 valence electrons. The molecule has 0 aromatic rings. The first-order chi connectivity index (χ1) is 9.54. The van der Waals surface area contributed by atoms with Gasteiger partial charge < -0.3 is 20.1 Å². The van der Waals surface area contributed by atoms with Gasteiger partial charge in [-0.05, 0) is 41.3 Å². The van der Waals surface area contributed by atoms with Crippen molar-refractivity contribution in [3.05, 3.63) is 0 Å². The maximum Gasteiger partial charge on any atom is 0.408 e. The number of alkyl carbamates (subject to hydrolysis) is 1. The Morgan fingerprint density at radius 2 is 2.00 bits per heavy atom. The van der Waals surface area contributed by atoms with Gasteiger partial charge in [0.05, 0.1) is 0 Å². The van der Waals surface area contributed by atoms with Crippen molar-refractivity contribution < 1.29 is 19.4 Å². The number of nitrogens with zero attached hydrogens (tertiary/aromatic N) is 2. The molecule has 1 fully saturated rings. The molecule has 1 unspecified atom stereocenters. The Kier molecular flexibility index (Phi) is 5.58. The van der Waals surface area contributed by atoms with Gasteiger partial charge in [-0.25, -0.2) is 9.59 Å². The molecule has 7 heteroatoms. The van der Waals surface area contributed by atoms with Gasteiger partial charge in [-0.15, -0.1) is 0 Å². The maximum atomic E-state index is 11.9. The summed E-state index contributed by atoms with van der Waals surface area (Å²) in [5.41, 5.74) is -1.90. The third kappa shape index (κ3) is 5.51. The molecule has 7 nitrogen and oxygen atoms in total. The number of nitrogens with one attached hydrogen (secondary N) is 1. The van der Waals surface area contributed by atoms with Gasteiger partial charge in [-0.3, -0.25) is 4.90 Å². The Balaban J connectivity index is 2.65. The van der Waals surface area contributed by atoms with Crippen molar-refractivity contribution in [3.63, 3.8) is 0 Å². The molecule has 2 N–H and O–H groups in total. The van der Waals surface area contributed by atoms with Crippen LogP contribution in [-0.4, -0.2) is 78.4 Å². The van der Waals surface area contributed by atoms with Gasteiger partial charge in [-0.1, -0.05) is 0 Å². The zero-order valence-corrected chi connectivity index (χ0v) is 13.6. The summed E-state index contributed by atoms with van der Waals surface area (Å²) in [5.74, 6) is -1.01. The second-order valence-corrected chi connectivity index (χ2v) is 6.84. The molecule has 0 spiro atoms. The van der Waals surface area contributed by atoms with Gasteiger partial charge in [-0.2, -0.15) is 0 Å². The van der Waals surface area contributed by atoms with E-state index in [1.807, 2.05) is 23.9 Å². The average molecular weight is 301 g/mol. The van der Waals surface area contributed by atoms with E-state index in [4.69, 9.17) is 4.74 Å². The van der Waals surface area contributed by atoms with Crippen molar-refractivity contribution in [1.82, 2.24) is 15.1 Å². The fourth-order valence-corrected chi connectivity index (χ4v) is 2.25. The summed E-state index contributed by atoms with van der Waals surface area (Å²) >= 11 is 0. The van der Waals surface area contributed by atoms with Crippen LogP contribution in [0.4, 0.5) is 4.79 Å². The highest BCUT2D eigenvalue weighted by Gasteiger charge is 2.46. The van der Waals surface area contributed by atoms with E-state index in [-0.39, 0.29) is 0 Å². The van der Waals surface area contributed by atoms with Crippen LogP contribution in [0.5, 0.6) is 0 Å². The lowest BCUT2D eigenvalue weighted by molar-refractivity contribution is -0.144. The normalized spacial score (nSPS) is 23.3. The minimum Gasteiger partial charge on any atom is -0.479 e. The predicted octanol–water partition coefficient (Wildman–Crippen LogP) is 0.602. The summed E-state index contributed by atoms with van der Waals surface area (Å²) in [6, 6.07) is 0. The third-order valence-electron chi connectivity index (χ3n) is 3.36. The average Bonchev–Trinajstić information content (AvgIpc) is 2.68. The Hall–Kier alpha value is -1.34. The summed E-state index contributed by atoms with van der Waals surface area (Å²) in [6.07, 6.45) is -0.297. The number of carboxylic acid groups (broad SMARTS) is 1. The number of rotatable bonds is 5. The van der Waals surface area contributed by atoms with Gasteiger partial charge in [0.1, 0.15) is 5.60 Å². The molecule has 1 saturated heterocycles. The number of carbonyl (C=O) groups is 2. The topological polar surface area (TPSA) is 82.1 Å². The Morgan fingerprint density at radius 1 is 1.38 bits per heavy atom. The molecule has 0 radical (unpaired) electrons. The van der Waals surface area contributed by atoms with Gasteiger partial charge in [0.25, 0.3) is 0 Å². The Bertz CT molecular complexity index is 392. The molecule has 1 amide bonds. The van der Waals surface area contributed by atoms with Crippen molar-refractivity contribution in [3.8, 4) is 0 Å². The largest absolute Gasteiger partial charge is 0.479 e. The fraction of sp³-hybridized carbons (Fsp3) is 0.857. The molecule has 0 saturated carbocycles. The predicted molar refractivity (Wildman–Crippen MR) is 79.3 cm³/mol. The van der Waals surface area contributed by atoms with Crippen molar-refractivity contribution in [2.45, 2.75) is 38.3 Å². The minimum atomic E-state index is -1.26. The number of hydrogen-bond acceptors (Lipinski definition) is 5. The second kappa shape index (κ2) is 6.62. The number of hydrogen-bond donors (Lipinski definition) is 2. The van der Waals surface area contributed by atoms with E-state index in [0.29, 0.717) is 19.5 Å². The third-order valence-corrected chi connectivity index (χ3v) is 3.36. The molecule has 0 aromatic heterocycles. The number of amides is 1. The summed E-state index contributed by atoms with van der Waals surface area (Å²) < 4.78 is 5.17. The molecule has 0 aliphatic carbocycles. The van der Waals surface area contributed by atoms with Gasteiger partial charge >= 0.3 is 12.1 Å². The number of ether oxygens (including phenoxy) is 1. The number of carbonyl (C=O) groups excluding carboxylic acids is 1. The van der Waals surface area contributed by atoms with Gasteiger partial charge in [0, 0.05) is 26.2 Å². The van der Waals surface area contributed by atoms with E-state index in [1.54, 1.807) is 20.8 Å². The van der Waals surface area contributed by atoms with E-state index >= 15 is 0 Å². The lowest BCUT2D eigenvalue weighted by Gasteiger charge is -2.28. The molecular weight excluding hydrogens is 274 g/mol. The molecular formula is C14H27N3O4. The van der Waals surface area contributed by atoms with E-state index in [0.717, 1.165) is 13.1 Å². The summed E-state index contributed by atoms with van der Waals surface area (Å²) in [4.78, 5) is 27.6. The van der Waals surface area contributed by atoms with Crippen LogP contribution in [0.15, 0.2) is 0 Å². The van der Waals surface area contributed by atoms with Crippen molar-refractivity contribution in [2.24, 2.45) is 0 Å². The highest BCUT2D eigenvalue weighted by atomic mass is 16.6. The maximum absolute atomic E-state index is 11.9. The molecule has 1 aliphatic rings. The SMILES string of the molecule is CN(C)CCN1CCC(NC(=O)OC(C)(C)C)(C(=O)O)C1. The molecule has 21 heavy (non-hydrogen) atoms. The van der Waals surface area contributed by atoms with Crippen molar-refractivity contribution >= 4 is 12.1 Å². The number of likely N-dealkylation sites (N-methyl/N-ethyl adjacent to an activating group) is 1. The van der Waals surface area contributed by atoms with E-state index in [9.17, 15) is 14.7 Å². The Morgan fingerprint density at radius 3 is 2.48 bits per heavy atom. The van der Waals surface area contributed by atoms with Gasteiger partial charge in [0.2, 0.25) is 0 Å². The van der Waals surface area contributed by atoms with Crippen LogP contribution < -0.4 is 5.32 Å².